The van der Waals surface area contributed by atoms with Crippen molar-refractivity contribution >= 4 is 34.3 Å². The van der Waals surface area contributed by atoms with Gasteiger partial charge in [0.1, 0.15) is 11.4 Å². The van der Waals surface area contributed by atoms with Crippen molar-refractivity contribution < 1.29 is 18.7 Å². The number of hydrogen-bond donors (Lipinski definition) is 0. The van der Waals surface area contributed by atoms with Crippen LogP contribution in [0.1, 0.15) is 29.8 Å². The summed E-state index contributed by atoms with van der Waals surface area (Å²) in [6.45, 7) is 3.70. The van der Waals surface area contributed by atoms with E-state index >= 15 is 0 Å². The lowest BCUT2D eigenvalue weighted by molar-refractivity contribution is -0.138. The predicted octanol–water partition coefficient (Wildman–Crippen LogP) is 3.18. The number of benzene rings is 1. The van der Waals surface area contributed by atoms with E-state index in [2.05, 4.69) is 22.6 Å². The normalized spacial score (nSPS) is 11.3. The number of aryl methyl sites for hydroxylation is 1. The van der Waals surface area contributed by atoms with Crippen LogP contribution in [-0.4, -0.2) is 37.4 Å². The van der Waals surface area contributed by atoms with E-state index in [4.69, 9.17) is 4.74 Å². The third-order valence-electron chi connectivity index (χ3n) is 2.89. The van der Waals surface area contributed by atoms with Crippen molar-refractivity contribution in [3.8, 4) is 0 Å². The maximum atomic E-state index is 14.2. The molecular weight excluding hydrogens is 400 g/mol. The number of Topliss-reactive ketones (excluding diaryl/α,β-unsaturated/α-hetero) is 1. The first-order chi connectivity index (χ1) is 10.3. The molecule has 0 radical (unpaired) electrons. The molecule has 22 heavy (non-hydrogen) atoms. The second-order valence-electron chi connectivity index (χ2n) is 4.83. The smallest absolute Gasteiger partial charge is 0.343 e. The Bertz CT molecular complexity index is 612. The molecule has 0 atom stereocenters. The van der Waals surface area contributed by atoms with E-state index < -0.39 is 17.6 Å². The van der Waals surface area contributed by atoms with Gasteiger partial charge < -0.3 is 9.64 Å². The van der Waals surface area contributed by atoms with Crippen LogP contribution in [0.4, 0.5) is 4.39 Å². The molecule has 0 spiro atoms. The molecule has 0 aliphatic rings. The van der Waals surface area contributed by atoms with Crippen molar-refractivity contribution in [3.63, 3.8) is 0 Å². The SMILES string of the molecule is CCOC(=O)C(=CN(C)C)C(=O)c1cc(I)c(CC)cc1F. The maximum absolute atomic E-state index is 14.2. The standard InChI is InChI=1S/C16H19FINO3/c1-5-10-7-13(17)11(8-14(10)18)15(20)12(9-19(3)4)16(21)22-6-2/h7-9H,5-6H2,1-4H3. The summed E-state index contributed by atoms with van der Waals surface area (Å²) in [4.78, 5) is 26.0. The van der Waals surface area contributed by atoms with Crippen molar-refractivity contribution in [3.05, 3.63) is 44.4 Å². The van der Waals surface area contributed by atoms with Crippen LogP contribution in [0.5, 0.6) is 0 Å². The summed E-state index contributed by atoms with van der Waals surface area (Å²) in [5.41, 5.74) is 0.512. The van der Waals surface area contributed by atoms with Crippen LogP contribution in [0.25, 0.3) is 0 Å². The van der Waals surface area contributed by atoms with Crippen LogP contribution in [-0.2, 0) is 16.0 Å². The lowest BCUT2D eigenvalue weighted by Crippen LogP contribution is -2.20. The number of ether oxygens (including phenoxy) is 1. The molecule has 0 saturated heterocycles. The monoisotopic (exact) mass is 419 g/mol. The summed E-state index contributed by atoms with van der Waals surface area (Å²) in [5.74, 6) is -2.06. The molecule has 6 heteroatoms. The zero-order valence-electron chi connectivity index (χ0n) is 13.1. The Morgan fingerprint density at radius 3 is 2.45 bits per heavy atom. The van der Waals surface area contributed by atoms with E-state index in [1.165, 1.54) is 18.3 Å². The minimum atomic E-state index is -0.754. The molecule has 1 rings (SSSR count). The van der Waals surface area contributed by atoms with E-state index in [1.54, 1.807) is 25.9 Å². The molecule has 0 bridgehead atoms. The highest BCUT2D eigenvalue weighted by Gasteiger charge is 2.25. The number of esters is 1. The van der Waals surface area contributed by atoms with Gasteiger partial charge >= 0.3 is 5.97 Å². The third kappa shape index (κ3) is 4.53. The van der Waals surface area contributed by atoms with Crippen molar-refractivity contribution in [2.24, 2.45) is 0 Å². The van der Waals surface area contributed by atoms with Gasteiger partial charge in [0.15, 0.2) is 0 Å². The van der Waals surface area contributed by atoms with E-state index in [0.717, 1.165) is 9.13 Å². The molecule has 0 saturated carbocycles. The number of nitrogens with zero attached hydrogens (tertiary/aromatic N) is 1. The molecule has 0 unspecified atom stereocenters. The van der Waals surface area contributed by atoms with Gasteiger partial charge in [-0.2, -0.15) is 0 Å². The summed E-state index contributed by atoms with van der Waals surface area (Å²) in [6, 6.07) is 2.81. The van der Waals surface area contributed by atoms with Crippen LogP contribution < -0.4 is 0 Å². The molecule has 120 valence electrons. The largest absolute Gasteiger partial charge is 0.462 e. The fourth-order valence-corrected chi connectivity index (χ4v) is 2.70. The van der Waals surface area contributed by atoms with Gasteiger partial charge in [-0.1, -0.05) is 6.92 Å². The summed E-state index contributed by atoms with van der Waals surface area (Å²) < 4.78 is 19.9. The van der Waals surface area contributed by atoms with E-state index in [0.29, 0.717) is 6.42 Å². The molecule has 1 aromatic rings. The Kier molecular flexibility index (Phi) is 6.99. The highest BCUT2D eigenvalue weighted by atomic mass is 127. The molecule has 4 nitrogen and oxygen atoms in total. The van der Waals surface area contributed by atoms with E-state index in [9.17, 15) is 14.0 Å². The van der Waals surface area contributed by atoms with Gasteiger partial charge in [-0.05, 0) is 53.6 Å². The fraction of sp³-hybridized carbons (Fsp3) is 0.375. The first-order valence-electron chi connectivity index (χ1n) is 6.89. The zero-order chi connectivity index (χ0) is 16.9. The molecule has 0 aromatic heterocycles. The summed E-state index contributed by atoms with van der Waals surface area (Å²) in [6.07, 6.45) is 2.02. The van der Waals surface area contributed by atoms with Crippen molar-refractivity contribution in [1.29, 1.82) is 0 Å². The predicted molar refractivity (Wildman–Crippen MR) is 91.2 cm³/mol. The average molecular weight is 419 g/mol. The lowest BCUT2D eigenvalue weighted by Gasteiger charge is -2.12. The number of carbonyl (C=O) groups excluding carboxylic acids is 2. The summed E-state index contributed by atoms with van der Waals surface area (Å²) in [5, 5.41) is 0. The van der Waals surface area contributed by atoms with Crippen LogP contribution >= 0.6 is 22.6 Å². The van der Waals surface area contributed by atoms with Gasteiger partial charge in [0.25, 0.3) is 0 Å². The second kappa shape index (κ2) is 8.26. The maximum Gasteiger partial charge on any atom is 0.343 e. The minimum Gasteiger partial charge on any atom is -0.462 e. The molecule has 0 heterocycles. The van der Waals surface area contributed by atoms with E-state index in [1.807, 2.05) is 6.92 Å². The van der Waals surface area contributed by atoms with Gasteiger partial charge in [0.2, 0.25) is 5.78 Å². The topological polar surface area (TPSA) is 46.6 Å². The molecule has 0 amide bonds. The van der Waals surface area contributed by atoms with Gasteiger partial charge in [-0.3, -0.25) is 4.79 Å². The average Bonchev–Trinajstić information content (AvgIpc) is 2.46. The summed E-state index contributed by atoms with van der Waals surface area (Å²) in [7, 11) is 3.35. The van der Waals surface area contributed by atoms with Crippen molar-refractivity contribution in [2.75, 3.05) is 20.7 Å². The number of rotatable bonds is 6. The number of ketones is 1. The Morgan fingerprint density at radius 2 is 1.95 bits per heavy atom. The fourth-order valence-electron chi connectivity index (χ4n) is 1.85. The number of hydrogen-bond acceptors (Lipinski definition) is 4. The van der Waals surface area contributed by atoms with Gasteiger partial charge in [0.05, 0.1) is 12.2 Å². The Hall–Kier alpha value is -1.44. The molecular formula is C16H19FINO3. The molecule has 0 aliphatic heterocycles. The molecule has 0 aliphatic carbocycles. The second-order valence-corrected chi connectivity index (χ2v) is 6.00. The quantitative estimate of drug-likeness (QED) is 0.178. The first kappa shape index (κ1) is 18.6. The lowest BCUT2D eigenvalue weighted by atomic mass is 10.0. The van der Waals surface area contributed by atoms with Crippen LogP contribution in [0.2, 0.25) is 0 Å². The molecule has 0 fully saturated rings. The van der Waals surface area contributed by atoms with Gasteiger partial charge in [-0.15, -0.1) is 0 Å². The first-order valence-corrected chi connectivity index (χ1v) is 7.97. The Labute approximate surface area is 143 Å². The number of halogens is 2. The highest BCUT2D eigenvalue weighted by molar-refractivity contribution is 14.1. The molecule has 1 aromatic carbocycles. The number of carbonyl (C=O) groups is 2. The van der Waals surface area contributed by atoms with Crippen molar-refractivity contribution in [1.82, 2.24) is 4.90 Å². The Morgan fingerprint density at radius 1 is 1.32 bits per heavy atom. The zero-order valence-corrected chi connectivity index (χ0v) is 15.2. The summed E-state index contributed by atoms with van der Waals surface area (Å²) >= 11 is 2.05. The third-order valence-corrected chi connectivity index (χ3v) is 3.89. The van der Waals surface area contributed by atoms with Gasteiger partial charge in [-0.25, -0.2) is 9.18 Å². The van der Waals surface area contributed by atoms with Crippen molar-refractivity contribution in [2.45, 2.75) is 20.3 Å². The minimum absolute atomic E-state index is 0.122. The van der Waals surface area contributed by atoms with Crippen LogP contribution in [0, 0.1) is 9.39 Å². The Balaban J connectivity index is 3.31. The molecule has 0 N–H and O–H groups in total. The van der Waals surface area contributed by atoms with Crippen LogP contribution in [0.15, 0.2) is 23.9 Å². The van der Waals surface area contributed by atoms with Gasteiger partial charge in [0, 0.05) is 23.9 Å². The van der Waals surface area contributed by atoms with Crippen LogP contribution in [0.3, 0.4) is 0 Å². The van der Waals surface area contributed by atoms with E-state index in [-0.39, 0.29) is 17.7 Å². The highest BCUT2D eigenvalue weighted by Crippen LogP contribution is 2.21.